The number of amides is 1. The average molecular weight is 445 g/mol. The quantitative estimate of drug-likeness (QED) is 0.435. The molecule has 2 aromatic carbocycles. The summed E-state index contributed by atoms with van der Waals surface area (Å²) in [5.41, 5.74) is 2.46. The third-order valence-electron chi connectivity index (χ3n) is 6.44. The molecule has 1 aliphatic rings. The molecule has 5 rings (SSSR count). The highest BCUT2D eigenvalue weighted by Crippen LogP contribution is 2.31. The number of rotatable bonds is 7. The number of likely N-dealkylation sites (tertiary alicyclic amines) is 1. The second-order valence-corrected chi connectivity index (χ2v) is 8.68. The second kappa shape index (κ2) is 9.52. The largest absolute Gasteiger partial charge is 0.340 e. The molecule has 2 aromatic heterocycles. The lowest BCUT2D eigenvalue weighted by Crippen LogP contribution is -2.38. The fourth-order valence-corrected chi connectivity index (χ4v) is 4.67. The Morgan fingerprint density at radius 1 is 1.00 bits per heavy atom. The summed E-state index contributed by atoms with van der Waals surface area (Å²) >= 11 is 0. The number of carbonyl (C=O) groups excluding carboxylic acids is 1. The number of aromatic nitrogens is 5. The van der Waals surface area contributed by atoms with Crippen molar-refractivity contribution in [2.24, 2.45) is 0 Å². The summed E-state index contributed by atoms with van der Waals surface area (Å²) < 4.78 is 1.42. The number of piperidine rings is 1. The third-order valence-corrected chi connectivity index (χ3v) is 6.44. The highest BCUT2D eigenvalue weighted by atomic mass is 16.2. The van der Waals surface area contributed by atoms with Crippen LogP contribution in [0.25, 0.3) is 21.9 Å². The minimum Gasteiger partial charge on any atom is -0.340 e. The molecule has 0 saturated carbocycles. The van der Waals surface area contributed by atoms with Gasteiger partial charge >= 0.3 is 0 Å². The predicted octanol–water partition coefficient (Wildman–Crippen LogP) is 3.98. The maximum atomic E-state index is 13.0. The normalized spacial score (nSPS) is 16.5. The van der Waals surface area contributed by atoms with Gasteiger partial charge in [-0.3, -0.25) is 9.59 Å². The van der Waals surface area contributed by atoms with Crippen molar-refractivity contribution in [2.75, 3.05) is 6.54 Å². The summed E-state index contributed by atoms with van der Waals surface area (Å²) in [7, 11) is 0. The van der Waals surface area contributed by atoms with Gasteiger partial charge in [0.05, 0.1) is 22.5 Å². The van der Waals surface area contributed by atoms with Gasteiger partial charge in [0.1, 0.15) is 11.3 Å². The number of H-pyrrole nitrogens is 1. The predicted molar refractivity (Wildman–Crippen MR) is 127 cm³/mol. The molecule has 1 aliphatic heterocycles. The fraction of sp³-hybridized carbons (Fsp3) is 0.400. The number of fused-ring (bicyclic) bond motifs is 2. The molecule has 1 fully saturated rings. The van der Waals surface area contributed by atoms with Crippen molar-refractivity contribution in [1.29, 1.82) is 0 Å². The highest BCUT2D eigenvalue weighted by Gasteiger charge is 2.29. The van der Waals surface area contributed by atoms with E-state index in [4.69, 9.17) is 4.98 Å². The van der Waals surface area contributed by atoms with Crippen molar-refractivity contribution < 1.29 is 4.79 Å². The Hall–Kier alpha value is -3.55. The van der Waals surface area contributed by atoms with Crippen LogP contribution in [0, 0.1) is 0 Å². The summed E-state index contributed by atoms with van der Waals surface area (Å²) in [5, 5.41) is 8.76. The zero-order valence-corrected chi connectivity index (χ0v) is 18.6. The van der Waals surface area contributed by atoms with Gasteiger partial charge < -0.3 is 9.88 Å². The molecule has 3 heterocycles. The van der Waals surface area contributed by atoms with Gasteiger partial charge in [0, 0.05) is 19.5 Å². The smallest absolute Gasteiger partial charge is 0.277 e. The molecule has 8 heteroatoms. The van der Waals surface area contributed by atoms with E-state index in [0.29, 0.717) is 23.9 Å². The van der Waals surface area contributed by atoms with Crippen molar-refractivity contribution >= 4 is 27.8 Å². The van der Waals surface area contributed by atoms with Gasteiger partial charge in [-0.1, -0.05) is 35.9 Å². The van der Waals surface area contributed by atoms with E-state index in [2.05, 4.69) is 15.3 Å². The maximum absolute atomic E-state index is 13.0. The number of hydrogen-bond acceptors (Lipinski definition) is 5. The van der Waals surface area contributed by atoms with Crippen LogP contribution in [-0.4, -0.2) is 42.3 Å². The number of imidazole rings is 1. The molecule has 1 N–H and O–H groups in total. The molecule has 0 aliphatic carbocycles. The van der Waals surface area contributed by atoms with Crippen molar-refractivity contribution in [1.82, 2.24) is 29.9 Å². The fourth-order valence-electron chi connectivity index (χ4n) is 4.67. The second-order valence-electron chi connectivity index (χ2n) is 8.68. The molecule has 170 valence electrons. The molecule has 0 bridgehead atoms. The van der Waals surface area contributed by atoms with Gasteiger partial charge in [0.15, 0.2) is 0 Å². The molecule has 0 spiro atoms. The van der Waals surface area contributed by atoms with E-state index in [0.717, 1.165) is 61.9 Å². The monoisotopic (exact) mass is 444 g/mol. The molecular formula is C25H28N6O2. The minimum atomic E-state index is -0.112. The van der Waals surface area contributed by atoms with E-state index in [9.17, 15) is 9.59 Å². The Morgan fingerprint density at radius 2 is 1.82 bits per heavy atom. The van der Waals surface area contributed by atoms with Crippen LogP contribution in [0.3, 0.4) is 0 Å². The Morgan fingerprint density at radius 3 is 2.70 bits per heavy atom. The summed E-state index contributed by atoms with van der Waals surface area (Å²) in [5.74, 6) is 1.07. The molecule has 33 heavy (non-hydrogen) atoms. The number of aromatic amines is 1. The van der Waals surface area contributed by atoms with Crippen molar-refractivity contribution in [3.8, 4) is 0 Å². The average Bonchev–Trinajstić information content (AvgIpc) is 3.29. The van der Waals surface area contributed by atoms with Crippen LogP contribution in [0.15, 0.2) is 53.3 Å². The Kier molecular flexibility index (Phi) is 6.15. The molecule has 8 nitrogen and oxygen atoms in total. The highest BCUT2D eigenvalue weighted by molar-refractivity contribution is 5.78. The number of aryl methyl sites for hydroxylation is 1. The van der Waals surface area contributed by atoms with Gasteiger partial charge in [-0.05, 0) is 56.4 Å². The summed E-state index contributed by atoms with van der Waals surface area (Å²) in [6, 6.07) is 15.3. The van der Waals surface area contributed by atoms with E-state index in [-0.39, 0.29) is 17.5 Å². The van der Waals surface area contributed by atoms with Crippen molar-refractivity contribution in [3.05, 3.63) is 64.7 Å². The first kappa shape index (κ1) is 21.3. The lowest BCUT2D eigenvalue weighted by Gasteiger charge is -2.34. The number of hydrogen-bond donors (Lipinski definition) is 1. The Bertz CT molecular complexity index is 1290. The van der Waals surface area contributed by atoms with Crippen LogP contribution >= 0.6 is 0 Å². The zero-order chi connectivity index (χ0) is 22.6. The number of unbranched alkanes of at least 4 members (excludes halogenated alkanes) is 2. The SMILES string of the molecule is O=C(CCCCCn1nnc2ccccc2c1=O)N1CCCC[C@@H]1c1nc2ccccc2[nH]1. The lowest BCUT2D eigenvalue weighted by molar-refractivity contribution is -0.135. The first-order valence-corrected chi connectivity index (χ1v) is 11.8. The van der Waals surface area contributed by atoms with Gasteiger partial charge in [0.25, 0.3) is 5.56 Å². The minimum absolute atomic E-state index is 0.0186. The number of para-hydroxylation sites is 2. The Labute approximate surface area is 191 Å². The third kappa shape index (κ3) is 4.51. The number of benzene rings is 2. The zero-order valence-electron chi connectivity index (χ0n) is 18.6. The van der Waals surface area contributed by atoms with Gasteiger partial charge in [-0.2, -0.15) is 0 Å². The van der Waals surface area contributed by atoms with Crippen LogP contribution in [-0.2, 0) is 11.3 Å². The molecule has 0 radical (unpaired) electrons. The number of nitrogens with zero attached hydrogens (tertiary/aromatic N) is 5. The van der Waals surface area contributed by atoms with E-state index in [1.165, 1.54) is 4.68 Å². The molecule has 1 saturated heterocycles. The summed E-state index contributed by atoms with van der Waals surface area (Å²) in [6.07, 6.45) is 6.02. The van der Waals surface area contributed by atoms with E-state index >= 15 is 0 Å². The van der Waals surface area contributed by atoms with Crippen molar-refractivity contribution in [2.45, 2.75) is 57.5 Å². The standard InChI is InChI=1S/C25H28N6O2/c32-23(15-2-1-8-17-31-25(33)18-10-3-4-11-19(18)28-29-31)30-16-9-7-14-22(30)24-26-20-12-5-6-13-21(20)27-24/h3-6,10-13,22H,1-2,7-9,14-17H2,(H,26,27)/t22-/m1/s1. The van der Waals surface area contributed by atoms with Crippen molar-refractivity contribution in [3.63, 3.8) is 0 Å². The van der Waals surface area contributed by atoms with Crippen LogP contribution in [0.4, 0.5) is 0 Å². The molecule has 0 unspecified atom stereocenters. The molecule has 4 aromatic rings. The van der Waals surface area contributed by atoms with E-state index in [1.54, 1.807) is 12.1 Å². The Balaban J connectivity index is 1.16. The molecule has 1 amide bonds. The van der Waals surface area contributed by atoms with Gasteiger partial charge in [-0.25, -0.2) is 9.67 Å². The topological polar surface area (TPSA) is 96.8 Å². The summed E-state index contributed by atoms with van der Waals surface area (Å²) in [4.78, 5) is 35.7. The van der Waals surface area contributed by atoms with Crippen LogP contribution < -0.4 is 5.56 Å². The first-order valence-electron chi connectivity index (χ1n) is 11.8. The first-order chi connectivity index (χ1) is 16.2. The van der Waals surface area contributed by atoms with E-state index in [1.807, 2.05) is 41.3 Å². The van der Waals surface area contributed by atoms with Gasteiger partial charge in [0.2, 0.25) is 5.91 Å². The van der Waals surface area contributed by atoms with E-state index < -0.39 is 0 Å². The number of carbonyl (C=O) groups is 1. The molecular weight excluding hydrogens is 416 g/mol. The maximum Gasteiger partial charge on any atom is 0.277 e. The lowest BCUT2D eigenvalue weighted by atomic mass is 10.0. The van der Waals surface area contributed by atoms with Gasteiger partial charge in [-0.15, -0.1) is 5.10 Å². The summed E-state index contributed by atoms with van der Waals surface area (Å²) in [6.45, 7) is 1.29. The molecule has 1 atom stereocenters. The van der Waals surface area contributed by atoms with Crippen LogP contribution in [0.5, 0.6) is 0 Å². The number of nitrogens with one attached hydrogen (secondary N) is 1. The van der Waals surface area contributed by atoms with Crippen LogP contribution in [0.2, 0.25) is 0 Å². The van der Waals surface area contributed by atoms with Crippen LogP contribution in [0.1, 0.15) is 56.8 Å².